The Labute approximate surface area is 159 Å². The molecule has 0 aliphatic carbocycles. The molecule has 1 N–H and O–H groups in total. The molecule has 2 fully saturated rings. The van der Waals surface area contributed by atoms with Gasteiger partial charge in [0.2, 0.25) is 5.91 Å². The molecule has 140 valence electrons. The highest BCUT2D eigenvalue weighted by Gasteiger charge is 2.40. The van der Waals surface area contributed by atoms with E-state index in [1.54, 1.807) is 16.8 Å². The zero-order chi connectivity index (χ0) is 17.4. The zero-order valence-electron chi connectivity index (χ0n) is 14.8. The van der Waals surface area contributed by atoms with E-state index >= 15 is 0 Å². The Morgan fingerprint density at radius 2 is 2.00 bits per heavy atom. The first-order valence-corrected chi connectivity index (χ1v) is 8.88. The number of amides is 1. The Morgan fingerprint density at radius 1 is 1.23 bits per heavy atom. The lowest BCUT2D eigenvalue weighted by molar-refractivity contribution is -0.136. The highest BCUT2D eigenvalue weighted by atomic mass is 35.5. The first kappa shape index (κ1) is 18.9. The maximum Gasteiger partial charge on any atom is 0.228 e. The van der Waals surface area contributed by atoms with Crippen molar-refractivity contribution in [3.8, 4) is 0 Å². The third-order valence-corrected chi connectivity index (χ3v) is 5.48. The third-order valence-electron chi connectivity index (χ3n) is 5.48. The topological polar surface area (TPSA) is 50.2 Å². The van der Waals surface area contributed by atoms with Gasteiger partial charge in [-0.3, -0.25) is 9.48 Å². The van der Waals surface area contributed by atoms with Gasteiger partial charge in [0.05, 0.1) is 18.2 Å². The SMILES string of the molecule is Cl.Cn1cc([C@H]2CNC[C@@H]2C(=O)N2CCCC2c2ccc(F)cc2)cn1. The van der Waals surface area contributed by atoms with Crippen molar-refractivity contribution in [2.24, 2.45) is 13.0 Å². The molecule has 1 aromatic heterocycles. The van der Waals surface area contributed by atoms with Gasteiger partial charge < -0.3 is 10.2 Å². The number of hydrogen-bond donors (Lipinski definition) is 1. The highest BCUT2D eigenvalue weighted by Crippen LogP contribution is 2.36. The van der Waals surface area contributed by atoms with Crippen molar-refractivity contribution in [1.82, 2.24) is 20.0 Å². The smallest absolute Gasteiger partial charge is 0.228 e. The van der Waals surface area contributed by atoms with Crippen molar-refractivity contribution in [1.29, 1.82) is 0 Å². The monoisotopic (exact) mass is 378 g/mol. The first-order chi connectivity index (χ1) is 12.1. The predicted molar refractivity (Wildman–Crippen MR) is 99.6 cm³/mol. The van der Waals surface area contributed by atoms with Gasteiger partial charge in [-0.1, -0.05) is 12.1 Å². The molecule has 1 amide bonds. The van der Waals surface area contributed by atoms with Crippen LogP contribution in [0.1, 0.15) is 35.9 Å². The molecular weight excluding hydrogens is 355 g/mol. The van der Waals surface area contributed by atoms with Crippen LogP contribution in [0.5, 0.6) is 0 Å². The first-order valence-electron chi connectivity index (χ1n) is 8.88. The van der Waals surface area contributed by atoms with E-state index < -0.39 is 0 Å². The van der Waals surface area contributed by atoms with E-state index in [1.165, 1.54) is 12.1 Å². The Kier molecular flexibility index (Phi) is 5.63. The molecule has 2 aliphatic heterocycles. The molecular formula is C19H24ClFN4O. The summed E-state index contributed by atoms with van der Waals surface area (Å²) in [6, 6.07) is 6.62. The molecule has 26 heavy (non-hydrogen) atoms. The average molecular weight is 379 g/mol. The second kappa shape index (κ2) is 7.76. The normalized spacial score (nSPS) is 25.3. The van der Waals surface area contributed by atoms with Gasteiger partial charge in [0.1, 0.15) is 5.82 Å². The molecule has 4 rings (SSSR count). The van der Waals surface area contributed by atoms with E-state index in [0.29, 0.717) is 6.54 Å². The van der Waals surface area contributed by atoms with Crippen LogP contribution in [0.25, 0.3) is 0 Å². The number of benzene rings is 1. The molecule has 2 aliphatic rings. The lowest BCUT2D eigenvalue weighted by atomic mass is 9.89. The van der Waals surface area contributed by atoms with Gasteiger partial charge in [-0.15, -0.1) is 12.4 Å². The fraction of sp³-hybridized carbons (Fsp3) is 0.474. The fourth-order valence-electron chi connectivity index (χ4n) is 4.20. The van der Waals surface area contributed by atoms with Crippen LogP contribution in [-0.2, 0) is 11.8 Å². The molecule has 0 spiro atoms. The van der Waals surface area contributed by atoms with Crippen LogP contribution in [0.15, 0.2) is 36.7 Å². The van der Waals surface area contributed by atoms with Crippen LogP contribution < -0.4 is 5.32 Å². The summed E-state index contributed by atoms with van der Waals surface area (Å²) in [5, 5.41) is 7.61. The molecule has 3 heterocycles. The molecule has 3 atom stereocenters. The van der Waals surface area contributed by atoms with E-state index in [-0.39, 0.29) is 42.0 Å². The largest absolute Gasteiger partial charge is 0.335 e. The molecule has 0 bridgehead atoms. The number of nitrogens with zero attached hydrogens (tertiary/aromatic N) is 3. The Balaban J connectivity index is 0.00000196. The van der Waals surface area contributed by atoms with E-state index in [4.69, 9.17) is 0 Å². The van der Waals surface area contributed by atoms with Crippen molar-refractivity contribution < 1.29 is 9.18 Å². The van der Waals surface area contributed by atoms with E-state index in [1.807, 2.05) is 24.3 Å². The lowest BCUT2D eigenvalue weighted by Gasteiger charge is -2.29. The van der Waals surface area contributed by atoms with Gasteiger partial charge in [-0.05, 0) is 36.1 Å². The van der Waals surface area contributed by atoms with Crippen molar-refractivity contribution in [2.45, 2.75) is 24.8 Å². The Bertz CT molecular complexity index is 763. The standard InChI is InChI=1S/C19H23FN4O.ClH/c1-23-12-14(9-22-23)16-10-21-11-17(16)19(25)24-8-2-3-18(24)13-4-6-15(20)7-5-13;/h4-7,9,12,16-18,21H,2-3,8,10-11H2,1H3;1H/t16-,17+,18?;/m1./s1. The molecule has 0 radical (unpaired) electrons. The van der Waals surface area contributed by atoms with Crippen LogP contribution >= 0.6 is 12.4 Å². The number of aromatic nitrogens is 2. The summed E-state index contributed by atoms with van der Waals surface area (Å²) >= 11 is 0. The Hall–Kier alpha value is -1.92. The number of carbonyl (C=O) groups is 1. The third kappa shape index (κ3) is 3.48. The van der Waals surface area contributed by atoms with Gasteiger partial charge in [0.25, 0.3) is 0 Å². The summed E-state index contributed by atoms with van der Waals surface area (Å²) in [4.78, 5) is 15.3. The number of nitrogens with one attached hydrogen (secondary N) is 1. The van der Waals surface area contributed by atoms with Crippen molar-refractivity contribution in [2.75, 3.05) is 19.6 Å². The summed E-state index contributed by atoms with van der Waals surface area (Å²) in [7, 11) is 1.90. The quantitative estimate of drug-likeness (QED) is 0.893. The average Bonchev–Trinajstić information content (AvgIpc) is 3.34. The van der Waals surface area contributed by atoms with E-state index in [2.05, 4.69) is 10.4 Å². The molecule has 1 unspecified atom stereocenters. The summed E-state index contributed by atoms with van der Waals surface area (Å²) in [5.41, 5.74) is 2.14. The van der Waals surface area contributed by atoms with Crippen LogP contribution in [0.2, 0.25) is 0 Å². The molecule has 2 aromatic rings. The zero-order valence-corrected chi connectivity index (χ0v) is 15.6. The molecule has 0 saturated carbocycles. The second-order valence-electron chi connectivity index (χ2n) is 7.06. The van der Waals surface area contributed by atoms with Crippen molar-refractivity contribution in [3.05, 3.63) is 53.6 Å². The van der Waals surface area contributed by atoms with Gasteiger partial charge in [0.15, 0.2) is 0 Å². The molecule has 2 saturated heterocycles. The summed E-state index contributed by atoms with van der Waals surface area (Å²) in [6.45, 7) is 2.28. The van der Waals surface area contributed by atoms with Crippen molar-refractivity contribution >= 4 is 18.3 Å². The highest BCUT2D eigenvalue weighted by molar-refractivity contribution is 5.85. The number of rotatable bonds is 3. The van der Waals surface area contributed by atoms with Crippen LogP contribution in [0.4, 0.5) is 4.39 Å². The summed E-state index contributed by atoms with van der Waals surface area (Å²) < 4.78 is 15.0. The number of halogens is 2. The number of carbonyl (C=O) groups excluding carboxylic acids is 1. The van der Waals surface area contributed by atoms with Crippen molar-refractivity contribution in [3.63, 3.8) is 0 Å². The van der Waals surface area contributed by atoms with Crippen LogP contribution in [0, 0.1) is 11.7 Å². The van der Waals surface area contributed by atoms with E-state index in [0.717, 1.165) is 37.1 Å². The fourth-order valence-corrected chi connectivity index (χ4v) is 4.20. The van der Waals surface area contributed by atoms with Gasteiger partial charge >= 0.3 is 0 Å². The maximum absolute atomic E-state index is 13.3. The lowest BCUT2D eigenvalue weighted by Crippen LogP contribution is -2.38. The molecule has 7 heteroatoms. The molecule has 1 aromatic carbocycles. The summed E-state index contributed by atoms with van der Waals surface area (Å²) in [5.74, 6) is 0.0582. The predicted octanol–water partition coefficient (Wildman–Crippen LogP) is 2.65. The minimum absolute atomic E-state index is 0. The Morgan fingerprint density at radius 3 is 2.69 bits per heavy atom. The number of hydrogen-bond acceptors (Lipinski definition) is 3. The van der Waals surface area contributed by atoms with Gasteiger partial charge in [-0.25, -0.2) is 4.39 Å². The summed E-state index contributed by atoms with van der Waals surface area (Å²) in [6.07, 6.45) is 5.79. The van der Waals surface area contributed by atoms with Gasteiger partial charge in [-0.2, -0.15) is 5.10 Å². The van der Waals surface area contributed by atoms with Gasteiger partial charge in [0, 0.05) is 38.8 Å². The van der Waals surface area contributed by atoms with E-state index in [9.17, 15) is 9.18 Å². The van der Waals surface area contributed by atoms with Crippen LogP contribution in [0.3, 0.4) is 0 Å². The minimum atomic E-state index is -0.240. The molecule has 5 nitrogen and oxygen atoms in total. The van der Waals surface area contributed by atoms with Crippen LogP contribution in [-0.4, -0.2) is 40.2 Å². The number of aryl methyl sites for hydroxylation is 1. The minimum Gasteiger partial charge on any atom is -0.335 e. The maximum atomic E-state index is 13.3. The number of likely N-dealkylation sites (tertiary alicyclic amines) is 1. The second-order valence-corrected chi connectivity index (χ2v) is 7.06.